The third kappa shape index (κ3) is 3.68. The summed E-state index contributed by atoms with van der Waals surface area (Å²) in [5.41, 5.74) is 2.64. The van der Waals surface area contributed by atoms with E-state index >= 15 is 0 Å². The van der Waals surface area contributed by atoms with Gasteiger partial charge in [-0.15, -0.1) is 23.1 Å². The molecular weight excluding hydrogens is 395 g/mol. The fourth-order valence-corrected chi connectivity index (χ4v) is 4.89. The van der Waals surface area contributed by atoms with Crippen molar-refractivity contribution in [1.82, 2.24) is 0 Å². The monoisotopic (exact) mass is 412 g/mol. The maximum Gasteiger partial charge on any atom is 0.265 e. The third-order valence-electron chi connectivity index (χ3n) is 4.40. The molecule has 1 saturated heterocycles. The zero-order valence-corrected chi connectivity index (χ0v) is 16.6. The molecule has 3 aromatic rings. The summed E-state index contributed by atoms with van der Waals surface area (Å²) in [7, 11) is 0. The van der Waals surface area contributed by atoms with Gasteiger partial charge in [-0.25, -0.2) is 4.39 Å². The summed E-state index contributed by atoms with van der Waals surface area (Å²) in [5, 5.41) is 4.38. The number of hydrogen-bond acceptors (Lipinski definition) is 4. The van der Waals surface area contributed by atoms with Crippen LogP contribution in [0.5, 0.6) is 0 Å². The molecule has 2 heterocycles. The van der Waals surface area contributed by atoms with Crippen molar-refractivity contribution in [3.05, 3.63) is 81.8 Å². The average molecular weight is 413 g/mol. The number of benzene rings is 2. The van der Waals surface area contributed by atoms with Gasteiger partial charge in [-0.1, -0.05) is 24.3 Å². The molecule has 0 spiro atoms. The van der Waals surface area contributed by atoms with Crippen LogP contribution in [-0.4, -0.2) is 17.6 Å². The lowest BCUT2D eigenvalue weighted by Gasteiger charge is -2.25. The summed E-state index contributed by atoms with van der Waals surface area (Å²) in [6.07, 6.45) is 0. The summed E-state index contributed by atoms with van der Waals surface area (Å²) in [4.78, 5) is 26.9. The number of carbonyl (C=O) groups is 2. The molecule has 7 heteroatoms. The molecule has 1 aliphatic rings. The van der Waals surface area contributed by atoms with Crippen molar-refractivity contribution in [3.8, 4) is 0 Å². The molecule has 142 valence electrons. The first-order chi connectivity index (χ1) is 13.5. The first-order valence-electron chi connectivity index (χ1n) is 8.67. The molecule has 1 fully saturated rings. The Labute approximate surface area is 170 Å². The molecule has 1 atom stereocenters. The van der Waals surface area contributed by atoms with Crippen molar-refractivity contribution < 1.29 is 14.0 Å². The third-order valence-corrected chi connectivity index (χ3v) is 6.48. The largest absolute Gasteiger partial charge is 0.321 e. The van der Waals surface area contributed by atoms with Crippen molar-refractivity contribution in [2.24, 2.45) is 0 Å². The van der Waals surface area contributed by atoms with Crippen molar-refractivity contribution in [1.29, 1.82) is 0 Å². The standard InChI is InChI=1S/C21H17FN2O2S2/c1-13-7-8-16(22)17(10-13)24-19(25)12-28-21(24)14-4-2-5-15(11-14)23-20(26)18-6-3-9-27-18/h2-11,21H,12H2,1H3,(H,23,26)/t21-/m1/s1. The Hall–Kier alpha value is -2.64. The van der Waals surface area contributed by atoms with Crippen LogP contribution in [0.2, 0.25) is 0 Å². The number of hydrogen-bond donors (Lipinski definition) is 1. The van der Waals surface area contributed by atoms with Crippen LogP contribution in [0.3, 0.4) is 0 Å². The number of amides is 2. The number of rotatable bonds is 4. The predicted molar refractivity (Wildman–Crippen MR) is 113 cm³/mol. The van der Waals surface area contributed by atoms with Gasteiger partial charge in [-0.05, 0) is 53.8 Å². The second-order valence-corrected chi connectivity index (χ2v) is 8.46. The fourth-order valence-electron chi connectivity index (χ4n) is 3.11. The summed E-state index contributed by atoms with van der Waals surface area (Å²) >= 11 is 2.82. The number of nitrogens with one attached hydrogen (secondary N) is 1. The van der Waals surface area contributed by atoms with E-state index in [2.05, 4.69) is 5.32 Å². The van der Waals surface area contributed by atoms with Gasteiger partial charge in [0.1, 0.15) is 11.2 Å². The molecular formula is C21H17FN2O2S2. The van der Waals surface area contributed by atoms with E-state index in [4.69, 9.17) is 0 Å². The van der Waals surface area contributed by atoms with Gasteiger partial charge >= 0.3 is 0 Å². The van der Waals surface area contributed by atoms with Crippen LogP contribution in [0.15, 0.2) is 60.0 Å². The van der Waals surface area contributed by atoms with Crippen LogP contribution in [0, 0.1) is 12.7 Å². The van der Waals surface area contributed by atoms with E-state index in [1.165, 1.54) is 34.1 Å². The van der Waals surface area contributed by atoms with Crippen molar-refractivity contribution >= 4 is 46.3 Å². The highest BCUT2D eigenvalue weighted by Gasteiger charge is 2.35. The maximum absolute atomic E-state index is 14.4. The summed E-state index contributed by atoms with van der Waals surface area (Å²) in [6, 6.07) is 15.7. The van der Waals surface area contributed by atoms with E-state index in [1.54, 1.807) is 24.3 Å². The van der Waals surface area contributed by atoms with E-state index in [-0.39, 0.29) is 28.6 Å². The summed E-state index contributed by atoms with van der Waals surface area (Å²) < 4.78 is 14.4. The Balaban J connectivity index is 1.63. The average Bonchev–Trinajstić information content (AvgIpc) is 3.34. The Morgan fingerprint density at radius 1 is 1.18 bits per heavy atom. The van der Waals surface area contributed by atoms with Gasteiger partial charge in [0.05, 0.1) is 16.3 Å². The van der Waals surface area contributed by atoms with Gasteiger partial charge in [0.15, 0.2) is 0 Å². The van der Waals surface area contributed by atoms with Gasteiger partial charge in [-0.2, -0.15) is 0 Å². The molecule has 1 aromatic heterocycles. The van der Waals surface area contributed by atoms with Gasteiger partial charge in [0.25, 0.3) is 5.91 Å². The number of halogens is 1. The fraction of sp³-hybridized carbons (Fsp3) is 0.143. The highest BCUT2D eigenvalue weighted by atomic mass is 32.2. The molecule has 0 unspecified atom stereocenters. The Morgan fingerprint density at radius 2 is 2.04 bits per heavy atom. The first kappa shape index (κ1) is 18.7. The number of carbonyl (C=O) groups excluding carboxylic acids is 2. The van der Waals surface area contributed by atoms with Crippen LogP contribution < -0.4 is 10.2 Å². The van der Waals surface area contributed by atoms with E-state index in [0.29, 0.717) is 10.6 Å². The Bertz CT molecular complexity index is 1040. The van der Waals surface area contributed by atoms with E-state index in [1.807, 2.05) is 36.6 Å². The minimum Gasteiger partial charge on any atom is -0.321 e. The molecule has 4 rings (SSSR count). The second-order valence-electron chi connectivity index (χ2n) is 6.44. The number of anilines is 2. The second kappa shape index (κ2) is 7.77. The molecule has 1 aliphatic heterocycles. The molecule has 0 bridgehead atoms. The SMILES string of the molecule is Cc1ccc(F)c(N2C(=O)CS[C@@H]2c2cccc(NC(=O)c3cccs3)c2)c1. The molecule has 2 aromatic carbocycles. The number of thiophene rings is 1. The Morgan fingerprint density at radius 3 is 2.82 bits per heavy atom. The van der Waals surface area contributed by atoms with Gasteiger partial charge < -0.3 is 5.32 Å². The predicted octanol–water partition coefficient (Wildman–Crippen LogP) is 5.23. The molecule has 2 amide bonds. The van der Waals surface area contributed by atoms with E-state index < -0.39 is 5.82 Å². The molecule has 0 aliphatic carbocycles. The molecule has 1 N–H and O–H groups in total. The highest BCUT2D eigenvalue weighted by Crippen LogP contribution is 2.43. The minimum atomic E-state index is -0.423. The van der Waals surface area contributed by atoms with E-state index in [0.717, 1.165) is 11.1 Å². The molecule has 0 saturated carbocycles. The smallest absolute Gasteiger partial charge is 0.265 e. The summed E-state index contributed by atoms with van der Waals surface area (Å²) in [5.74, 6) is -0.450. The van der Waals surface area contributed by atoms with Crippen molar-refractivity contribution in [3.63, 3.8) is 0 Å². The molecule has 28 heavy (non-hydrogen) atoms. The van der Waals surface area contributed by atoms with Crippen LogP contribution in [-0.2, 0) is 4.79 Å². The van der Waals surface area contributed by atoms with Gasteiger partial charge in [0.2, 0.25) is 5.91 Å². The Kier molecular flexibility index (Phi) is 5.19. The van der Waals surface area contributed by atoms with Crippen LogP contribution in [0.25, 0.3) is 0 Å². The van der Waals surface area contributed by atoms with Crippen molar-refractivity contribution in [2.75, 3.05) is 16.0 Å². The zero-order valence-electron chi connectivity index (χ0n) is 15.0. The highest BCUT2D eigenvalue weighted by molar-refractivity contribution is 8.00. The van der Waals surface area contributed by atoms with Gasteiger partial charge in [-0.3, -0.25) is 14.5 Å². The normalized spacial score (nSPS) is 16.4. The number of nitrogens with zero attached hydrogens (tertiary/aromatic N) is 1. The number of aryl methyl sites for hydroxylation is 1. The quantitative estimate of drug-likeness (QED) is 0.639. The molecule has 4 nitrogen and oxygen atoms in total. The lowest BCUT2D eigenvalue weighted by Crippen LogP contribution is -2.28. The lowest BCUT2D eigenvalue weighted by atomic mass is 10.1. The zero-order chi connectivity index (χ0) is 19.7. The topological polar surface area (TPSA) is 49.4 Å². The van der Waals surface area contributed by atoms with Gasteiger partial charge in [0, 0.05) is 5.69 Å². The number of thioether (sulfide) groups is 1. The van der Waals surface area contributed by atoms with Crippen LogP contribution in [0.4, 0.5) is 15.8 Å². The minimum absolute atomic E-state index is 0.132. The molecule has 0 radical (unpaired) electrons. The first-order valence-corrected chi connectivity index (χ1v) is 10.6. The van der Waals surface area contributed by atoms with Crippen molar-refractivity contribution in [2.45, 2.75) is 12.3 Å². The summed E-state index contributed by atoms with van der Waals surface area (Å²) in [6.45, 7) is 1.87. The van der Waals surface area contributed by atoms with Crippen LogP contribution >= 0.6 is 23.1 Å². The lowest BCUT2D eigenvalue weighted by molar-refractivity contribution is -0.115. The van der Waals surface area contributed by atoms with E-state index in [9.17, 15) is 14.0 Å². The van der Waals surface area contributed by atoms with Crippen LogP contribution in [0.1, 0.15) is 26.2 Å². The maximum atomic E-state index is 14.4.